The van der Waals surface area contributed by atoms with Crippen LogP contribution in [0.2, 0.25) is 0 Å². The lowest BCUT2D eigenvalue weighted by molar-refractivity contribution is 0.531. The first kappa shape index (κ1) is 12.9. The first-order chi connectivity index (χ1) is 7.84. The molecule has 0 saturated carbocycles. The van der Waals surface area contributed by atoms with Crippen molar-refractivity contribution in [3.05, 3.63) is 42.7 Å². The molecule has 1 aromatic rings. The maximum atomic E-state index is 4.33. The summed E-state index contributed by atoms with van der Waals surface area (Å²) < 4.78 is 0. The van der Waals surface area contributed by atoms with Gasteiger partial charge in [0.25, 0.3) is 0 Å². The Morgan fingerprint density at radius 3 is 2.94 bits per heavy atom. The summed E-state index contributed by atoms with van der Waals surface area (Å²) in [5.41, 5.74) is 1.12. The van der Waals surface area contributed by atoms with E-state index in [9.17, 15) is 0 Å². The molecule has 1 aromatic heterocycles. The second-order valence-electron chi connectivity index (χ2n) is 4.07. The predicted molar refractivity (Wildman–Crippen MR) is 69.3 cm³/mol. The van der Waals surface area contributed by atoms with Crippen molar-refractivity contribution in [1.82, 2.24) is 10.3 Å². The lowest BCUT2D eigenvalue weighted by Gasteiger charge is -2.12. The van der Waals surface area contributed by atoms with Crippen molar-refractivity contribution in [2.24, 2.45) is 0 Å². The third-order valence-electron chi connectivity index (χ3n) is 2.67. The van der Waals surface area contributed by atoms with Crippen LogP contribution in [-0.4, -0.2) is 11.5 Å². The van der Waals surface area contributed by atoms with Crippen molar-refractivity contribution in [1.29, 1.82) is 0 Å². The minimum atomic E-state index is 0.348. The molecule has 0 bridgehead atoms. The molecular weight excluding hydrogens is 196 g/mol. The quantitative estimate of drug-likeness (QED) is 0.534. The molecule has 0 aliphatic carbocycles. The summed E-state index contributed by atoms with van der Waals surface area (Å²) >= 11 is 0. The summed E-state index contributed by atoms with van der Waals surface area (Å²) in [5, 5.41) is 3.49. The van der Waals surface area contributed by atoms with E-state index < -0.39 is 0 Å². The molecule has 1 heterocycles. The Hall–Kier alpha value is -1.15. The van der Waals surface area contributed by atoms with Gasteiger partial charge in [-0.1, -0.05) is 18.6 Å². The fourth-order valence-corrected chi connectivity index (χ4v) is 1.65. The highest BCUT2D eigenvalue weighted by Gasteiger charge is 2.03. The Bertz CT molecular complexity index is 282. The maximum absolute atomic E-state index is 4.33. The molecule has 0 fully saturated rings. The van der Waals surface area contributed by atoms with Crippen molar-refractivity contribution in [3.63, 3.8) is 0 Å². The van der Waals surface area contributed by atoms with Gasteiger partial charge in [-0.2, -0.15) is 0 Å². The average molecular weight is 218 g/mol. The van der Waals surface area contributed by atoms with Crippen LogP contribution in [0.5, 0.6) is 0 Å². The number of hydrogen-bond acceptors (Lipinski definition) is 2. The fourth-order valence-electron chi connectivity index (χ4n) is 1.65. The predicted octanol–water partition coefficient (Wildman–Crippen LogP) is 3.48. The van der Waals surface area contributed by atoms with Gasteiger partial charge < -0.3 is 5.32 Å². The molecule has 0 saturated heterocycles. The highest BCUT2D eigenvalue weighted by molar-refractivity contribution is 5.07. The van der Waals surface area contributed by atoms with E-state index in [0.717, 1.165) is 18.7 Å². The van der Waals surface area contributed by atoms with Crippen LogP contribution < -0.4 is 5.32 Å². The summed E-state index contributed by atoms with van der Waals surface area (Å²) in [6, 6.07) is 6.39. The molecule has 0 aliphatic heterocycles. The van der Waals surface area contributed by atoms with Crippen LogP contribution in [0.15, 0.2) is 37.1 Å². The first-order valence-corrected chi connectivity index (χ1v) is 6.10. The SMILES string of the molecule is C=CCCCCCN[C@@H](C)c1ccccn1. The van der Waals surface area contributed by atoms with E-state index in [0.29, 0.717) is 6.04 Å². The van der Waals surface area contributed by atoms with Gasteiger partial charge in [0.15, 0.2) is 0 Å². The molecule has 16 heavy (non-hydrogen) atoms. The number of pyridine rings is 1. The number of rotatable bonds is 8. The standard InChI is InChI=1S/C14H22N2/c1-3-4-5-6-8-11-15-13(2)14-10-7-9-12-16-14/h3,7,9-10,12-13,15H,1,4-6,8,11H2,2H3/t13-/m0/s1. The van der Waals surface area contributed by atoms with Crippen LogP contribution in [0.1, 0.15) is 44.3 Å². The zero-order valence-electron chi connectivity index (χ0n) is 10.2. The highest BCUT2D eigenvalue weighted by Crippen LogP contribution is 2.08. The summed E-state index contributed by atoms with van der Waals surface area (Å²) in [4.78, 5) is 4.33. The highest BCUT2D eigenvalue weighted by atomic mass is 14.9. The smallest absolute Gasteiger partial charge is 0.0570 e. The maximum Gasteiger partial charge on any atom is 0.0570 e. The van der Waals surface area contributed by atoms with Gasteiger partial charge in [0, 0.05) is 12.2 Å². The molecule has 2 heteroatoms. The summed E-state index contributed by atoms with van der Waals surface area (Å²) in [5.74, 6) is 0. The van der Waals surface area contributed by atoms with Crippen molar-refractivity contribution in [2.75, 3.05) is 6.54 Å². The topological polar surface area (TPSA) is 24.9 Å². The molecular formula is C14H22N2. The Morgan fingerprint density at radius 2 is 2.25 bits per heavy atom. The van der Waals surface area contributed by atoms with Crippen LogP contribution >= 0.6 is 0 Å². The second-order valence-corrected chi connectivity index (χ2v) is 4.07. The Morgan fingerprint density at radius 1 is 1.38 bits per heavy atom. The number of allylic oxidation sites excluding steroid dienone is 1. The van der Waals surface area contributed by atoms with Crippen molar-refractivity contribution in [3.8, 4) is 0 Å². The zero-order chi connectivity index (χ0) is 11.6. The fraction of sp³-hybridized carbons (Fsp3) is 0.500. The molecule has 0 aliphatic rings. The van der Waals surface area contributed by atoms with Crippen LogP contribution in [0.4, 0.5) is 0 Å². The number of unbranched alkanes of at least 4 members (excludes halogenated alkanes) is 3. The molecule has 0 unspecified atom stereocenters. The van der Waals surface area contributed by atoms with E-state index >= 15 is 0 Å². The molecule has 0 aromatic carbocycles. The van der Waals surface area contributed by atoms with Crippen molar-refractivity contribution >= 4 is 0 Å². The summed E-state index contributed by atoms with van der Waals surface area (Å²) in [6.07, 6.45) is 8.72. The molecule has 0 amide bonds. The Balaban J connectivity index is 2.11. The van der Waals surface area contributed by atoms with Gasteiger partial charge in [-0.25, -0.2) is 0 Å². The van der Waals surface area contributed by atoms with Gasteiger partial charge in [0.1, 0.15) is 0 Å². The van der Waals surface area contributed by atoms with Gasteiger partial charge in [0.05, 0.1) is 5.69 Å². The Labute approximate surface area is 98.8 Å². The zero-order valence-corrected chi connectivity index (χ0v) is 10.2. The van der Waals surface area contributed by atoms with Crippen LogP contribution in [-0.2, 0) is 0 Å². The largest absolute Gasteiger partial charge is 0.309 e. The minimum Gasteiger partial charge on any atom is -0.309 e. The summed E-state index contributed by atoms with van der Waals surface area (Å²) in [7, 11) is 0. The summed E-state index contributed by atoms with van der Waals surface area (Å²) in [6.45, 7) is 6.95. The van der Waals surface area contributed by atoms with Crippen LogP contribution in [0.3, 0.4) is 0 Å². The third-order valence-corrected chi connectivity index (χ3v) is 2.67. The van der Waals surface area contributed by atoms with E-state index in [-0.39, 0.29) is 0 Å². The van der Waals surface area contributed by atoms with Gasteiger partial charge in [-0.05, 0) is 44.9 Å². The van der Waals surface area contributed by atoms with Gasteiger partial charge in [-0.3, -0.25) is 4.98 Å². The van der Waals surface area contributed by atoms with Crippen LogP contribution in [0.25, 0.3) is 0 Å². The van der Waals surface area contributed by atoms with E-state index in [4.69, 9.17) is 0 Å². The molecule has 1 N–H and O–H groups in total. The molecule has 2 nitrogen and oxygen atoms in total. The van der Waals surface area contributed by atoms with E-state index in [1.807, 2.05) is 24.4 Å². The van der Waals surface area contributed by atoms with E-state index in [2.05, 4.69) is 29.9 Å². The van der Waals surface area contributed by atoms with Crippen LogP contribution in [0, 0.1) is 0 Å². The van der Waals surface area contributed by atoms with E-state index in [1.165, 1.54) is 19.3 Å². The molecule has 88 valence electrons. The number of nitrogens with zero attached hydrogens (tertiary/aromatic N) is 1. The Kier molecular flexibility index (Phi) is 6.50. The van der Waals surface area contributed by atoms with Crippen molar-refractivity contribution in [2.45, 2.75) is 38.6 Å². The third kappa shape index (κ3) is 5.08. The van der Waals surface area contributed by atoms with E-state index in [1.54, 1.807) is 0 Å². The molecule has 1 atom stereocenters. The average Bonchev–Trinajstić information content (AvgIpc) is 2.34. The molecule has 0 radical (unpaired) electrons. The molecule has 1 rings (SSSR count). The normalized spacial score (nSPS) is 12.3. The monoisotopic (exact) mass is 218 g/mol. The lowest BCUT2D eigenvalue weighted by atomic mass is 10.1. The lowest BCUT2D eigenvalue weighted by Crippen LogP contribution is -2.20. The molecule has 0 spiro atoms. The number of aromatic nitrogens is 1. The number of nitrogens with one attached hydrogen (secondary N) is 1. The first-order valence-electron chi connectivity index (χ1n) is 6.10. The van der Waals surface area contributed by atoms with Gasteiger partial charge in [0.2, 0.25) is 0 Å². The van der Waals surface area contributed by atoms with Gasteiger partial charge in [-0.15, -0.1) is 6.58 Å². The van der Waals surface area contributed by atoms with Gasteiger partial charge >= 0.3 is 0 Å². The number of hydrogen-bond donors (Lipinski definition) is 1. The minimum absolute atomic E-state index is 0.348. The van der Waals surface area contributed by atoms with Crippen molar-refractivity contribution < 1.29 is 0 Å². The second kappa shape index (κ2) is 8.05.